The Morgan fingerprint density at radius 3 is 2.43 bits per heavy atom. The number of methoxy groups -OCH3 is 1. The van der Waals surface area contributed by atoms with Gasteiger partial charge in [0.1, 0.15) is 17.6 Å². The number of hydrogen-bond acceptors (Lipinski definition) is 5. The van der Waals surface area contributed by atoms with Crippen LogP contribution in [0.15, 0.2) is 35.6 Å². The Kier molecular flexibility index (Phi) is 4.59. The summed E-state index contributed by atoms with van der Waals surface area (Å²) in [4.78, 5) is 24.1. The summed E-state index contributed by atoms with van der Waals surface area (Å²) >= 11 is 0. The van der Waals surface area contributed by atoms with Gasteiger partial charge < -0.3 is 14.2 Å². The number of rotatable bonds is 4. The molecule has 1 aromatic rings. The fraction of sp³-hybridized carbons (Fsp3) is 0.333. The van der Waals surface area contributed by atoms with Crippen LogP contribution in [0.4, 0.5) is 0 Å². The highest BCUT2D eigenvalue weighted by molar-refractivity contribution is 6.12. The van der Waals surface area contributed by atoms with E-state index >= 15 is 0 Å². The van der Waals surface area contributed by atoms with Gasteiger partial charge >= 0.3 is 5.97 Å². The predicted octanol–water partition coefficient (Wildman–Crippen LogP) is 3.74. The summed E-state index contributed by atoms with van der Waals surface area (Å²) in [5.74, 6) is 0.597. The van der Waals surface area contributed by atoms with E-state index in [9.17, 15) is 9.59 Å². The third-order valence-corrected chi connectivity index (χ3v) is 3.52. The average molecular weight is 316 g/mol. The predicted molar refractivity (Wildman–Crippen MR) is 85.6 cm³/mol. The van der Waals surface area contributed by atoms with Crippen molar-refractivity contribution in [3.8, 4) is 11.5 Å². The second-order valence-electron chi connectivity index (χ2n) is 5.68. The van der Waals surface area contributed by atoms with E-state index in [1.54, 1.807) is 26.0 Å². The van der Waals surface area contributed by atoms with E-state index in [1.807, 2.05) is 13.8 Å². The minimum Gasteiger partial charge on any atom is -0.496 e. The van der Waals surface area contributed by atoms with Gasteiger partial charge in [-0.1, -0.05) is 6.58 Å². The fourth-order valence-corrected chi connectivity index (χ4v) is 2.27. The molecule has 5 heteroatoms. The van der Waals surface area contributed by atoms with Gasteiger partial charge in [0.2, 0.25) is 5.78 Å². The smallest absolute Gasteiger partial charge is 0.333 e. The van der Waals surface area contributed by atoms with Gasteiger partial charge in [0, 0.05) is 17.2 Å². The number of hydrogen-bond donors (Lipinski definition) is 0. The molecule has 0 N–H and O–H groups in total. The molecule has 0 amide bonds. The molecule has 1 aromatic carbocycles. The van der Waals surface area contributed by atoms with E-state index in [0.717, 1.165) is 5.57 Å². The Labute approximate surface area is 135 Å². The average Bonchev–Trinajstić information content (AvgIpc) is 2.82. The van der Waals surface area contributed by atoms with Crippen LogP contribution in [0, 0.1) is 0 Å². The summed E-state index contributed by atoms with van der Waals surface area (Å²) in [6, 6.07) is 3.30. The molecule has 0 bridgehead atoms. The van der Waals surface area contributed by atoms with Crippen molar-refractivity contribution in [2.75, 3.05) is 7.11 Å². The van der Waals surface area contributed by atoms with Crippen molar-refractivity contribution in [3.05, 3.63) is 46.7 Å². The van der Waals surface area contributed by atoms with E-state index in [-0.39, 0.29) is 5.78 Å². The standard InChI is InChI=1S/C18H20O5/c1-9(2)17-16(19)13-7-12(11(5)22-18(20)10(3)4)14(21-6)8-15(13)23-17/h7-8,11H,3H2,1-2,4-6H3. The van der Waals surface area contributed by atoms with Crippen molar-refractivity contribution in [3.63, 3.8) is 0 Å². The van der Waals surface area contributed by atoms with E-state index in [1.165, 1.54) is 7.11 Å². The number of benzene rings is 1. The van der Waals surface area contributed by atoms with Crippen LogP contribution in [-0.4, -0.2) is 18.9 Å². The number of ketones is 1. The number of esters is 1. The van der Waals surface area contributed by atoms with Crippen molar-refractivity contribution in [1.29, 1.82) is 0 Å². The number of fused-ring (bicyclic) bond motifs is 1. The van der Waals surface area contributed by atoms with Gasteiger partial charge in [-0.3, -0.25) is 4.79 Å². The number of allylic oxidation sites excluding steroid dienone is 2. The third kappa shape index (κ3) is 3.13. The molecule has 2 rings (SSSR count). The van der Waals surface area contributed by atoms with Crippen molar-refractivity contribution in [1.82, 2.24) is 0 Å². The fourth-order valence-electron chi connectivity index (χ4n) is 2.27. The minimum absolute atomic E-state index is 0.178. The van der Waals surface area contributed by atoms with Crippen molar-refractivity contribution >= 4 is 11.8 Å². The highest BCUT2D eigenvalue weighted by Gasteiger charge is 2.31. The van der Waals surface area contributed by atoms with Crippen LogP contribution in [0.3, 0.4) is 0 Å². The van der Waals surface area contributed by atoms with E-state index < -0.39 is 12.1 Å². The molecule has 0 aromatic heterocycles. The van der Waals surface area contributed by atoms with E-state index in [4.69, 9.17) is 14.2 Å². The van der Waals surface area contributed by atoms with E-state index in [2.05, 4.69) is 6.58 Å². The second-order valence-corrected chi connectivity index (χ2v) is 5.68. The molecule has 1 atom stereocenters. The quantitative estimate of drug-likeness (QED) is 0.625. The Morgan fingerprint density at radius 2 is 1.91 bits per heavy atom. The number of carbonyl (C=O) groups excluding carboxylic acids is 2. The molecule has 1 unspecified atom stereocenters. The molecular formula is C18H20O5. The van der Waals surface area contributed by atoms with Crippen LogP contribution in [-0.2, 0) is 9.53 Å². The van der Waals surface area contributed by atoms with Crippen molar-refractivity contribution in [2.24, 2.45) is 0 Å². The lowest BCUT2D eigenvalue weighted by molar-refractivity contribution is -0.143. The molecule has 122 valence electrons. The van der Waals surface area contributed by atoms with Crippen molar-refractivity contribution < 1.29 is 23.8 Å². The monoisotopic (exact) mass is 316 g/mol. The first-order valence-corrected chi connectivity index (χ1v) is 7.24. The molecule has 5 nitrogen and oxygen atoms in total. The molecule has 23 heavy (non-hydrogen) atoms. The van der Waals surface area contributed by atoms with Gasteiger partial charge in [0.05, 0.1) is 12.7 Å². The van der Waals surface area contributed by atoms with Gasteiger partial charge in [-0.15, -0.1) is 0 Å². The molecule has 0 radical (unpaired) electrons. The lowest BCUT2D eigenvalue weighted by Gasteiger charge is -2.17. The molecule has 0 fully saturated rings. The summed E-state index contributed by atoms with van der Waals surface area (Å²) in [7, 11) is 1.51. The molecule has 1 heterocycles. The van der Waals surface area contributed by atoms with Crippen LogP contribution in [0.2, 0.25) is 0 Å². The van der Waals surface area contributed by atoms with Gasteiger partial charge in [-0.05, 0) is 39.3 Å². The Hall–Kier alpha value is -2.56. The highest BCUT2D eigenvalue weighted by Crippen LogP contribution is 2.40. The summed E-state index contributed by atoms with van der Waals surface area (Å²) in [6.45, 7) is 10.5. The van der Waals surface area contributed by atoms with Crippen LogP contribution < -0.4 is 9.47 Å². The summed E-state index contributed by atoms with van der Waals surface area (Å²) in [6.07, 6.45) is -0.581. The maximum atomic E-state index is 12.4. The number of Topliss-reactive ketones (excluding diaryl/α,β-unsaturated/α-hetero) is 1. The first-order chi connectivity index (χ1) is 10.8. The molecule has 0 saturated carbocycles. The number of carbonyl (C=O) groups is 2. The summed E-state index contributed by atoms with van der Waals surface area (Å²) in [5, 5.41) is 0. The minimum atomic E-state index is -0.581. The van der Waals surface area contributed by atoms with E-state index in [0.29, 0.717) is 34.0 Å². The maximum Gasteiger partial charge on any atom is 0.333 e. The lowest BCUT2D eigenvalue weighted by Crippen LogP contribution is -2.10. The summed E-state index contributed by atoms with van der Waals surface area (Å²) in [5.41, 5.74) is 2.15. The second kappa shape index (κ2) is 6.28. The van der Waals surface area contributed by atoms with Gasteiger partial charge in [0.15, 0.2) is 5.76 Å². The van der Waals surface area contributed by atoms with Gasteiger partial charge in [0.25, 0.3) is 0 Å². The third-order valence-electron chi connectivity index (χ3n) is 3.52. The zero-order valence-electron chi connectivity index (χ0n) is 14.0. The Morgan fingerprint density at radius 1 is 1.26 bits per heavy atom. The lowest BCUT2D eigenvalue weighted by atomic mass is 10.0. The largest absolute Gasteiger partial charge is 0.496 e. The zero-order chi connectivity index (χ0) is 17.3. The molecule has 1 aliphatic rings. The molecule has 0 saturated heterocycles. The molecule has 0 spiro atoms. The molecule has 0 aliphatic carbocycles. The normalized spacial score (nSPS) is 14.0. The SMILES string of the molecule is C=C(C)C(=O)OC(C)c1cc2c(cc1OC)OC(=C(C)C)C2=O. The van der Waals surface area contributed by atoms with Crippen LogP contribution in [0.25, 0.3) is 0 Å². The van der Waals surface area contributed by atoms with Gasteiger partial charge in [-0.2, -0.15) is 0 Å². The van der Waals surface area contributed by atoms with Crippen molar-refractivity contribution in [2.45, 2.75) is 33.8 Å². The summed E-state index contributed by atoms with van der Waals surface area (Å²) < 4.78 is 16.3. The molecular weight excluding hydrogens is 296 g/mol. The number of ether oxygens (including phenoxy) is 3. The van der Waals surface area contributed by atoms with Crippen LogP contribution in [0.5, 0.6) is 11.5 Å². The highest BCUT2D eigenvalue weighted by atomic mass is 16.5. The maximum absolute atomic E-state index is 12.4. The Balaban J connectivity index is 2.44. The van der Waals surface area contributed by atoms with Gasteiger partial charge in [-0.25, -0.2) is 4.79 Å². The first kappa shape index (κ1) is 16.8. The topological polar surface area (TPSA) is 61.8 Å². The first-order valence-electron chi connectivity index (χ1n) is 7.24. The Bertz CT molecular complexity index is 723. The zero-order valence-corrected chi connectivity index (χ0v) is 14.0. The van der Waals surface area contributed by atoms with Crippen LogP contribution >= 0.6 is 0 Å². The molecule has 1 aliphatic heterocycles. The van der Waals surface area contributed by atoms with Crippen LogP contribution in [0.1, 0.15) is 49.7 Å².